The maximum Gasteiger partial charge on any atom is 0.134 e. The minimum atomic E-state index is 0.357. The lowest BCUT2D eigenvalue weighted by atomic mass is 10.1. The van der Waals surface area contributed by atoms with Crippen molar-refractivity contribution in [3.05, 3.63) is 35.9 Å². The third-order valence-electron chi connectivity index (χ3n) is 2.39. The van der Waals surface area contributed by atoms with Crippen LogP contribution < -0.4 is 5.32 Å². The van der Waals surface area contributed by atoms with Crippen LogP contribution in [0.3, 0.4) is 0 Å². The Morgan fingerprint density at radius 3 is 2.56 bits per heavy atom. The van der Waals surface area contributed by atoms with Crippen molar-refractivity contribution >= 4 is 5.78 Å². The molecule has 88 valence electrons. The second kappa shape index (κ2) is 7.18. The van der Waals surface area contributed by atoms with Gasteiger partial charge in [-0.2, -0.15) is 0 Å². The predicted molar refractivity (Wildman–Crippen MR) is 67.2 cm³/mol. The number of Topliss-reactive ketones (excluding diaryl/α,β-unsaturated/α-hetero) is 1. The Balaban J connectivity index is 2.10. The first-order valence-electron chi connectivity index (χ1n) is 5.95. The third kappa shape index (κ3) is 5.66. The van der Waals surface area contributed by atoms with Crippen LogP contribution in [0.2, 0.25) is 0 Å². The Kier molecular flexibility index (Phi) is 5.79. The van der Waals surface area contributed by atoms with Gasteiger partial charge in [0.05, 0.1) is 0 Å². The fraction of sp³-hybridized carbons (Fsp3) is 0.500. The average molecular weight is 219 g/mol. The molecule has 0 saturated heterocycles. The monoisotopic (exact) mass is 219 g/mol. The number of rotatable bonds is 7. The third-order valence-corrected chi connectivity index (χ3v) is 2.39. The van der Waals surface area contributed by atoms with Crippen LogP contribution in [-0.2, 0) is 11.3 Å². The van der Waals surface area contributed by atoms with E-state index in [0.29, 0.717) is 24.5 Å². The molecule has 0 unspecified atom stereocenters. The Morgan fingerprint density at radius 2 is 1.94 bits per heavy atom. The van der Waals surface area contributed by atoms with Crippen LogP contribution in [0.4, 0.5) is 0 Å². The first-order chi connectivity index (χ1) is 7.68. The molecule has 0 heterocycles. The predicted octanol–water partition coefficient (Wildman–Crippen LogP) is 2.78. The smallest absolute Gasteiger partial charge is 0.134 e. The molecule has 0 aromatic heterocycles. The van der Waals surface area contributed by atoms with Gasteiger partial charge < -0.3 is 5.32 Å². The van der Waals surface area contributed by atoms with Gasteiger partial charge in [-0.3, -0.25) is 4.79 Å². The second-order valence-electron chi connectivity index (χ2n) is 4.55. The maximum atomic E-state index is 11.4. The zero-order chi connectivity index (χ0) is 11.8. The van der Waals surface area contributed by atoms with E-state index in [-0.39, 0.29) is 0 Å². The van der Waals surface area contributed by atoms with E-state index in [1.165, 1.54) is 5.56 Å². The minimum absolute atomic E-state index is 0.357. The summed E-state index contributed by atoms with van der Waals surface area (Å²) >= 11 is 0. The zero-order valence-electron chi connectivity index (χ0n) is 10.2. The van der Waals surface area contributed by atoms with Gasteiger partial charge in [0.1, 0.15) is 5.78 Å². The van der Waals surface area contributed by atoms with E-state index in [1.807, 2.05) is 18.2 Å². The maximum absolute atomic E-state index is 11.4. The molecule has 0 fully saturated rings. The normalized spacial score (nSPS) is 10.7. The fourth-order valence-electron chi connectivity index (χ4n) is 1.61. The van der Waals surface area contributed by atoms with Gasteiger partial charge in [0.25, 0.3) is 0 Å². The van der Waals surface area contributed by atoms with Gasteiger partial charge in [0, 0.05) is 25.9 Å². The van der Waals surface area contributed by atoms with Crippen molar-refractivity contribution in [2.75, 3.05) is 6.54 Å². The number of hydrogen-bond acceptors (Lipinski definition) is 2. The molecule has 2 nitrogen and oxygen atoms in total. The van der Waals surface area contributed by atoms with Gasteiger partial charge in [-0.25, -0.2) is 0 Å². The van der Waals surface area contributed by atoms with E-state index >= 15 is 0 Å². The number of carbonyl (C=O) groups is 1. The van der Waals surface area contributed by atoms with Gasteiger partial charge in [0.2, 0.25) is 0 Å². The molecule has 0 aliphatic heterocycles. The molecule has 1 aromatic rings. The Labute approximate surface area is 98.1 Å². The molecule has 0 aliphatic rings. The average Bonchev–Trinajstić information content (AvgIpc) is 2.25. The molecule has 0 bridgehead atoms. The molecule has 0 aliphatic carbocycles. The molecular weight excluding hydrogens is 198 g/mol. The van der Waals surface area contributed by atoms with Gasteiger partial charge in [0.15, 0.2) is 0 Å². The minimum Gasteiger partial charge on any atom is -0.312 e. The molecule has 2 heteroatoms. The van der Waals surface area contributed by atoms with Crippen LogP contribution >= 0.6 is 0 Å². The molecule has 0 atom stereocenters. The SMILES string of the molecule is CC(C)CC(=O)CCNCc1ccccc1. The highest BCUT2D eigenvalue weighted by atomic mass is 16.1. The lowest BCUT2D eigenvalue weighted by Crippen LogP contribution is -2.18. The molecule has 1 rings (SSSR count). The number of ketones is 1. The van der Waals surface area contributed by atoms with Crippen molar-refractivity contribution in [3.8, 4) is 0 Å². The summed E-state index contributed by atoms with van der Waals surface area (Å²) in [6.07, 6.45) is 1.35. The van der Waals surface area contributed by atoms with Crippen molar-refractivity contribution < 1.29 is 4.79 Å². The number of benzene rings is 1. The van der Waals surface area contributed by atoms with Gasteiger partial charge in [-0.15, -0.1) is 0 Å². The standard InChI is InChI=1S/C14H21NO/c1-12(2)10-14(16)8-9-15-11-13-6-4-3-5-7-13/h3-7,12,15H,8-11H2,1-2H3. The topological polar surface area (TPSA) is 29.1 Å². The van der Waals surface area contributed by atoms with E-state index in [9.17, 15) is 4.79 Å². The Bertz CT molecular complexity index is 306. The van der Waals surface area contributed by atoms with E-state index in [4.69, 9.17) is 0 Å². The molecule has 16 heavy (non-hydrogen) atoms. The zero-order valence-corrected chi connectivity index (χ0v) is 10.2. The van der Waals surface area contributed by atoms with Crippen molar-refractivity contribution in [1.82, 2.24) is 5.32 Å². The summed E-state index contributed by atoms with van der Waals surface area (Å²) in [5, 5.41) is 3.28. The lowest BCUT2D eigenvalue weighted by Gasteiger charge is -2.05. The Morgan fingerprint density at radius 1 is 1.25 bits per heavy atom. The van der Waals surface area contributed by atoms with Crippen molar-refractivity contribution in [2.24, 2.45) is 5.92 Å². The summed E-state index contributed by atoms with van der Waals surface area (Å²) in [4.78, 5) is 11.4. The second-order valence-corrected chi connectivity index (χ2v) is 4.55. The van der Waals surface area contributed by atoms with Crippen molar-refractivity contribution in [1.29, 1.82) is 0 Å². The number of hydrogen-bond donors (Lipinski definition) is 1. The van der Waals surface area contributed by atoms with Gasteiger partial charge in [-0.1, -0.05) is 44.2 Å². The van der Waals surface area contributed by atoms with Crippen LogP contribution in [0.1, 0.15) is 32.3 Å². The first-order valence-corrected chi connectivity index (χ1v) is 5.95. The molecule has 0 spiro atoms. The largest absolute Gasteiger partial charge is 0.312 e. The molecular formula is C14H21NO. The lowest BCUT2D eigenvalue weighted by molar-refractivity contribution is -0.119. The van der Waals surface area contributed by atoms with Gasteiger partial charge in [-0.05, 0) is 11.5 Å². The highest BCUT2D eigenvalue weighted by Crippen LogP contribution is 2.02. The highest BCUT2D eigenvalue weighted by molar-refractivity contribution is 5.78. The van der Waals surface area contributed by atoms with E-state index in [2.05, 4.69) is 31.3 Å². The molecule has 0 amide bonds. The van der Waals surface area contributed by atoms with Crippen LogP contribution in [0.5, 0.6) is 0 Å². The van der Waals surface area contributed by atoms with Crippen LogP contribution in [-0.4, -0.2) is 12.3 Å². The summed E-state index contributed by atoms with van der Waals surface area (Å²) in [7, 11) is 0. The van der Waals surface area contributed by atoms with Crippen LogP contribution in [0.15, 0.2) is 30.3 Å². The molecule has 0 saturated carbocycles. The first kappa shape index (κ1) is 12.9. The number of carbonyl (C=O) groups excluding carboxylic acids is 1. The molecule has 0 radical (unpaired) electrons. The summed E-state index contributed by atoms with van der Waals surface area (Å²) in [6.45, 7) is 5.78. The molecule has 1 aromatic carbocycles. The van der Waals surface area contributed by atoms with E-state index < -0.39 is 0 Å². The van der Waals surface area contributed by atoms with Crippen molar-refractivity contribution in [3.63, 3.8) is 0 Å². The van der Waals surface area contributed by atoms with Gasteiger partial charge >= 0.3 is 0 Å². The summed E-state index contributed by atoms with van der Waals surface area (Å²) in [5.41, 5.74) is 1.26. The van der Waals surface area contributed by atoms with Crippen LogP contribution in [0.25, 0.3) is 0 Å². The highest BCUT2D eigenvalue weighted by Gasteiger charge is 2.03. The fourth-order valence-corrected chi connectivity index (χ4v) is 1.61. The quantitative estimate of drug-likeness (QED) is 0.714. The van der Waals surface area contributed by atoms with E-state index in [0.717, 1.165) is 13.1 Å². The molecule has 1 N–H and O–H groups in total. The summed E-state index contributed by atoms with van der Waals surface area (Å²) in [6, 6.07) is 10.2. The number of nitrogens with one attached hydrogen (secondary N) is 1. The summed E-state index contributed by atoms with van der Waals surface area (Å²) < 4.78 is 0. The summed E-state index contributed by atoms with van der Waals surface area (Å²) in [5.74, 6) is 0.831. The van der Waals surface area contributed by atoms with Crippen molar-refractivity contribution in [2.45, 2.75) is 33.2 Å². The van der Waals surface area contributed by atoms with Crippen LogP contribution in [0, 0.1) is 5.92 Å². The van der Waals surface area contributed by atoms with E-state index in [1.54, 1.807) is 0 Å². The Hall–Kier alpha value is -1.15.